The highest BCUT2D eigenvalue weighted by molar-refractivity contribution is 8.00. The van der Waals surface area contributed by atoms with Crippen molar-refractivity contribution in [2.75, 3.05) is 11.1 Å². The highest BCUT2D eigenvalue weighted by Gasteiger charge is 2.48. The van der Waals surface area contributed by atoms with Gasteiger partial charge in [-0.05, 0) is 30.2 Å². The molecule has 0 bridgehead atoms. The molecular weight excluding hydrogens is 284 g/mol. The van der Waals surface area contributed by atoms with Gasteiger partial charge in [0.1, 0.15) is 6.04 Å². The molecule has 1 aliphatic carbocycles. The topological polar surface area (TPSA) is 69.6 Å². The number of anilines is 1. The van der Waals surface area contributed by atoms with E-state index in [1.54, 1.807) is 11.8 Å². The summed E-state index contributed by atoms with van der Waals surface area (Å²) in [6, 6.07) is 0.801. The van der Waals surface area contributed by atoms with Crippen LogP contribution in [0.5, 0.6) is 0 Å². The molecule has 0 radical (unpaired) electrons. The second-order valence-corrected chi connectivity index (χ2v) is 6.69. The van der Waals surface area contributed by atoms with Gasteiger partial charge in [-0.15, -0.1) is 11.8 Å². The zero-order valence-corrected chi connectivity index (χ0v) is 11.7. The van der Waals surface area contributed by atoms with Crippen LogP contribution in [0.4, 0.5) is 10.5 Å². The number of nitrogens with one attached hydrogen (secondary N) is 1. The number of carboxylic acids is 1. The van der Waals surface area contributed by atoms with E-state index in [0.717, 1.165) is 18.5 Å². The number of thioether (sulfide) groups is 1. The fourth-order valence-corrected chi connectivity index (χ4v) is 4.46. The molecule has 1 saturated carbocycles. The summed E-state index contributed by atoms with van der Waals surface area (Å²) in [5.74, 6) is 0.0202. The number of nitrogens with zero attached hydrogens (tertiary/aromatic N) is 1. The van der Waals surface area contributed by atoms with Crippen molar-refractivity contribution < 1.29 is 14.7 Å². The second kappa shape index (κ2) is 5.05. The van der Waals surface area contributed by atoms with Crippen molar-refractivity contribution in [2.24, 2.45) is 5.92 Å². The van der Waals surface area contributed by atoms with Gasteiger partial charge in [0.15, 0.2) is 0 Å². The fraction of sp³-hybridized carbons (Fsp3) is 0.500. The number of hydrogen-bond donors (Lipinski definition) is 2. The average molecular weight is 298 g/mol. The Morgan fingerprint density at radius 2 is 2.21 bits per heavy atom. The minimum atomic E-state index is -0.920. The number of urea groups is 1. The maximum Gasteiger partial charge on any atom is 0.327 e. The molecule has 2 fully saturated rings. The highest BCUT2D eigenvalue weighted by Crippen LogP contribution is 2.45. The van der Waals surface area contributed by atoms with Crippen LogP contribution in [0.25, 0.3) is 0 Å². The lowest BCUT2D eigenvalue weighted by atomic mass is 10.2. The first-order valence-electron chi connectivity index (χ1n) is 6.13. The molecule has 1 saturated heterocycles. The highest BCUT2D eigenvalue weighted by atomic mass is 32.2. The Bertz CT molecular complexity index is 487. The van der Waals surface area contributed by atoms with Crippen molar-refractivity contribution >= 4 is 40.8 Å². The number of thiophene rings is 1. The van der Waals surface area contributed by atoms with Crippen LogP contribution < -0.4 is 5.32 Å². The summed E-state index contributed by atoms with van der Waals surface area (Å²) in [4.78, 5) is 25.1. The van der Waals surface area contributed by atoms with E-state index in [1.165, 1.54) is 16.2 Å². The molecular formula is C12H14N2O3S2. The van der Waals surface area contributed by atoms with Gasteiger partial charge in [-0.2, -0.15) is 11.3 Å². The molecule has 102 valence electrons. The van der Waals surface area contributed by atoms with Crippen LogP contribution in [-0.4, -0.2) is 39.2 Å². The van der Waals surface area contributed by atoms with Gasteiger partial charge in [-0.25, -0.2) is 9.59 Å². The molecule has 1 aliphatic heterocycles. The Labute approximate surface area is 119 Å². The molecule has 5 nitrogen and oxygen atoms in total. The molecule has 2 aliphatic rings. The monoisotopic (exact) mass is 298 g/mol. The van der Waals surface area contributed by atoms with E-state index in [-0.39, 0.29) is 11.4 Å². The van der Waals surface area contributed by atoms with Crippen LogP contribution in [0, 0.1) is 5.92 Å². The molecule has 2 heterocycles. The first-order chi connectivity index (χ1) is 9.16. The maximum absolute atomic E-state index is 12.3. The normalized spacial score (nSPS) is 26.4. The third-order valence-electron chi connectivity index (χ3n) is 3.35. The Hall–Kier alpha value is -1.21. The number of amides is 2. The number of carbonyl (C=O) groups is 2. The maximum atomic E-state index is 12.3. The van der Waals surface area contributed by atoms with Gasteiger partial charge in [0.25, 0.3) is 0 Å². The number of carboxylic acid groups (broad SMARTS) is 1. The van der Waals surface area contributed by atoms with Crippen molar-refractivity contribution in [3.63, 3.8) is 0 Å². The zero-order chi connectivity index (χ0) is 13.4. The molecule has 19 heavy (non-hydrogen) atoms. The average Bonchev–Trinajstić information content (AvgIpc) is 2.91. The van der Waals surface area contributed by atoms with Gasteiger partial charge in [0.05, 0.1) is 11.1 Å². The lowest BCUT2D eigenvalue weighted by Gasteiger charge is -2.27. The number of rotatable bonds is 3. The number of hydrogen-bond acceptors (Lipinski definition) is 4. The molecule has 1 aromatic rings. The lowest BCUT2D eigenvalue weighted by molar-refractivity contribution is -0.141. The quantitative estimate of drug-likeness (QED) is 0.899. The first kappa shape index (κ1) is 12.8. The van der Waals surface area contributed by atoms with Crippen LogP contribution in [-0.2, 0) is 4.79 Å². The molecule has 0 aromatic carbocycles. The standard InChI is InChI=1S/C12H14N2O3S2/c15-11(16)9-6-19-10(7-1-2-7)14(9)12(17)13-8-3-4-18-5-8/h3-5,7,9-10H,1-2,6H2,(H,13,17)(H,15,16). The van der Waals surface area contributed by atoms with Gasteiger partial charge >= 0.3 is 12.0 Å². The fourth-order valence-electron chi connectivity index (χ4n) is 2.24. The van der Waals surface area contributed by atoms with E-state index in [0.29, 0.717) is 11.7 Å². The summed E-state index contributed by atoms with van der Waals surface area (Å²) in [5.41, 5.74) is 0.727. The molecule has 0 spiro atoms. The SMILES string of the molecule is O=C(O)C1CSC(C2CC2)N1C(=O)Nc1ccsc1. The lowest BCUT2D eigenvalue weighted by Crippen LogP contribution is -2.48. The van der Waals surface area contributed by atoms with Gasteiger partial charge in [-0.1, -0.05) is 0 Å². The van der Waals surface area contributed by atoms with E-state index in [4.69, 9.17) is 0 Å². The van der Waals surface area contributed by atoms with E-state index in [9.17, 15) is 14.7 Å². The minimum Gasteiger partial charge on any atom is -0.480 e. The second-order valence-electron chi connectivity index (χ2n) is 4.76. The summed E-state index contributed by atoms with van der Waals surface area (Å²) in [7, 11) is 0. The van der Waals surface area contributed by atoms with Crippen LogP contribution in [0.1, 0.15) is 12.8 Å². The van der Waals surface area contributed by atoms with Crippen molar-refractivity contribution in [1.29, 1.82) is 0 Å². The number of carbonyl (C=O) groups excluding carboxylic acids is 1. The zero-order valence-electron chi connectivity index (χ0n) is 10.1. The summed E-state index contributed by atoms with van der Waals surface area (Å²) < 4.78 is 0. The van der Waals surface area contributed by atoms with Crippen LogP contribution in [0.2, 0.25) is 0 Å². The molecule has 1 aromatic heterocycles. The summed E-state index contributed by atoms with van der Waals surface area (Å²) in [6.45, 7) is 0. The smallest absolute Gasteiger partial charge is 0.327 e. The molecule has 2 amide bonds. The third-order valence-corrected chi connectivity index (χ3v) is 5.50. The summed E-state index contributed by atoms with van der Waals surface area (Å²) in [6.07, 6.45) is 2.18. The van der Waals surface area contributed by atoms with Gasteiger partial charge in [-0.3, -0.25) is 4.90 Å². The van der Waals surface area contributed by atoms with Crippen molar-refractivity contribution in [3.05, 3.63) is 16.8 Å². The predicted octanol–water partition coefficient (Wildman–Crippen LogP) is 2.52. The van der Waals surface area contributed by atoms with E-state index in [1.807, 2.05) is 16.8 Å². The van der Waals surface area contributed by atoms with E-state index >= 15 is 0 Å². The van der Waals surface area contributed by atoms with Crippen LogP contribution >= 0.6 is 23.1 Å². The van der Waals surface area contributed by atoms with Gasteiger partial charge in [0, 0.05) is 11.1 Å². The van der Waals surface area contributed by atoms with Crippen LogP contribution in [0.3, 0.4) is 0 Å². The van der Waals surface area contributed by atoms with Gasteiger partial charge < -0.3 is 10.4 Å². The molecule has 2 atom stereocenters. The third kappa shape index (κ3) is 2.57. The number of aliphatic carboxylic acids is 1. The molecule has 2 unspecified atom stereocenters. The predicted molar refractivity (Wildman–Crippen MR) is 75.6 cm³/mol. The van der Waals surface area contributed by atoms with Crippen molar-refractivity contribution in [1.82, 2.24) is 4.90 Å². The Kier molecular flexibility index (Phi) is 3.40. The Morgan fingerprint density at radius 3 is 2.79 bits per heavy atom. The Morgan fingerprint density at radius 1 is 1.42 bits per heavy atom. The Balaban J connectivity index is 1.76. The van der Waals surface area contributed by atoms with E-state index in [2.05, 4.69) is 5.32 Å². The van der Waals surface area contributed by atoms with Crippen molar-refractivity contribution in [3.8, 4) is 0 Å². The summed E-state index contributed by atoms with van der Waals surface area (Å²) >= 11 is 3.08. The molecule has 2 N–H and O–H groups in total. The van der Waals surface area contributed by atoms with Crippen LogP contribution in [0.15, 0.2) is 16.8 Å². The minimum absolute atomic E-state index is 0.0136. The summed E-state index contributed by atoms with van der Waals surface area (Å²) in [5, 5.41) is 15.8. The molecule has 7 heteroatoms. The first-order valence-corrected chi connectivity index (χ1v) is 8.12. The van der Waals surface area contributed by atoms with Crippen molar-refractivity contribution in [2.45, 2.75) is 24.3 Å². The van der Waals surface area contributed by atoms with E-state index < -0.39 is 12.0 Å². The molecule has 3 rings (SSSR count). The van der Waals surface area contributed by atoms with Gasteiger partial charge in [0.2, 0.25) is 0 Å². The largest absolute Gasteiger partial charge is 0.480 e.